The van der Waals surface area contributed by atoms with Gasteiger partial charge in [0.05, 0.1) is 6.04 Å². The molecule has 1 atom stereocenters. The van der Waals surface area contributed by atoms with Crippen molar-refractivity contribution in [2.45, 2.75) is 39.2 Å². The summed E-state index contributed by atoms with van der Waals surface area (Å²) < 4.78 is 0. The summed E-state index contributed by atoms with van der Waals surface area (Å²) >= 11 is 0. The highest BCUT2D eigenvalue weighted by molar-refractivity contribution is 5.32. The van der Waals surface area contributed by atoms with E-state index in [1.807, 2.05) is 26.0 Å². The van der Waals surface area contributed by atoms with Crippen LogP contribution in [0.4, 0.5) is 0 Å². The Hall–Kier alpha value is -1.47. The molecule has 1 aromatic rings. The third-order valence-corrected chi connectivity index (χ3v) is 2.53. The Labute approximate surface area is 90.8 Å². The normalized spacial score (nSPS) is 17.9. The smallest absolute Gasteiger partial charge is 0.0628 e. The van der Waals surface area contributed by atoms with Gasteiger partial charge in [0, 0.05) is 4.91 Å². The van der Waals surface area contributed by atoms with Crippen LogP contribution in [0.15, 0.2) is 29.4 Å². The highest BCUT2D eigenvalue weighted by Crippen LogP contribution is 2.32. The van der Waals surface area contributed by atoms with Crippen molar-refractivity contribution in [2.75, 3.05) is 0 Å². The van der Waals surface area contributed by atoms with Gasteiger partial charge >= 0.3 is 0 Å². The van der Waals surface area contributed by atoms with Crippen molar-refractivity contribution < 1.29 is 0 Å². The highest BCUT2D eigenvalue weighted by Gasteiger charge is 2.17. The van der Waals surface area contributed by atoms with Crippen LogP contribution in [0, 0.1) is 0 Å². The zero-order valence-corrected chi connectivity index (χ0v) is 9.35. The van der Waals surface area contributed by atoms with Crippen molar-refractivity contribution >= 4 is 0 Å². The maximum Gasteiger partial charge on any atom is 0.0628 e. The number of aryl methyl sites for hydroxylation is 1. The fraction of sp³-hybridized carbons (Fsp3) is 0.500. The summed E-state index contributed by atoms with van der Waals surface area (Å²) in [4.78, 5) is 2.88. The minimum atomic E-state index is 0.0648. The minimum Gasteiger partial charge on any atom is -0.0859 e. The molecule has 0 aromatic heterocycles. The van der Waals surface area contributed by atoms with Gasteiger partial charge in [-0.1, -0.05) is 43.2 Å². The lowest BCUT2D eigenvalue weighted by molar-refractivity contribution is 0.568. The Bertz CT molecular complexity index is 354. The molecule has 1 aliphatic rings. The standard InChI is InChI=1S/C10H11N3.C2H6/c11-13-12-10-7-3-5-8-4-1-2-6-9(8)10;1-2/h1-2,4,6,10H,3,5,7H2;1-2H3. The van der Waals surface area contributed by atoms with Gasteiger partial charge in [-0.2, -0.15) is 0 Å². The van der Waals surface area contributed by atoms with E-state index in [2.05, 4.69) is 22.2 Å². The van der Waals surface area contributed by atoms with Gasteiger partial charge in [0.25, 0.3) is 0 Å². The second-order valence-corrected chi connectivity index (χ2v) is 3.31. The topological polar surface area (TPSA) is 48.8 Å². The third-order valence-electron chi connectivity index (χ3n) is 2.53. The molecule has 0 saturated heterocycles. The zero-order chi connectivity index (χ0) is 11.1. The first kappa shape index (κ1) is 11.6. The van der Waals surface area contributed by atoms with Gasteiger partial charge in [0.15, 0.2) is 0 Å². The van der Waals surface area contributed by atoms with Crippen LogP contribution >= 0.6 is 0 Å². The van der Waals surface area contributed by atoms with Crippen LogP contribution in [0.25, 0.3) is 10.4 Å². The molecule has 1 unspecified atom stereocenters. The van der Waals surface area contributed by atoms with Crippen LogP contribution in [0.5, 0.6) is 0 Å². The maximum atomic E-state index is 8.40. The monoisotopic (exact) mass is 203 g/mol. The Morgan fingerprint density at radius 2 is 2.07 bits per heavy atom. The van der Waals surface area contributed by atoms with Crippen molar-refractivity contribution in [3.8, 4) is 0 Å². The van der Waals surface area contributed by atoms with Crippen molar-refractivity contribution in [1.29, 1.82) is 0 Å². The Kier molecular flexibility index (Phi) is 4.72. The average molecular weight is 203 g/mol. The van der Waals surface area contributed by atoms with E-state index in [0.717, 1.165) is 19.3 Å². The first-order chi connectivity index (χ1) is 7.42. The van der Waals surface area contributed by atoms with Gasteiger partial charge in [-0.15, -0.1) is 0 Å². The third kappa shape index (κ3) is 2.74. The molecular formula is C12H17N3. The van der Waals surface area contributed by atoms with Crippen LogP contribution in [-0.2, 0) is 6.42 Å². The van der Waals surface area contributed by atoms with E-state index >= 15 is 0 Å². The van der Waals surface area contributed by atoms with Gasteiger partial charge in [-0.3, -0.25) is 0 Å². The predicted octanol–water partition coefficient (Wildman–Crippen LogP) is 4.40. The van der Waals surface area contributed by atoms with Crippen LogP contribution in [0.1, 0.15) is 43.9 Å². The first-order valence-electron chi connectivity index (χ1n) is 5.54. The van der Waals surface area contributed by atoms with Crippen molar-refractivity contribution in [3.63, 3.8) is 0 Å². The minimum absolute atomic E-state index is 0.0648. The molecule has 3 heteroatoms. The molecule has 0 heterocycles. The molecule has 3 nitrogen and oxygen atoms in total. The molecule has 0 radical (unpaired) electrons. The first-order valence-corrected chi connectivity index (χ1v) is 5.54. The van der Waals surface area contributed by atoms with Crippen LogP contribution in [-0.4, -0.2) is 0 Å². The number of azide groups is 1. The van der Waals surface area contributed by atoms with Gasteiger partial charge in [-0.25, -0.2) is 0 Å². The maximum absolute atomic E-state index is 8.40. The number of hydrogen-bond donors (Lipinski definition) is 0. The number of rotatable bonds is 1. The van der Waals surface area contributed by atoms with E-state index in [0.29, 0.717) is 0 Å². The quantitative estimate of drug-likeness (QED) is 0.369. The fourth-order valence-electron chi connectivity index (χ4n) is 1.91. The van der Waals surface area contributed by atoms with Gasteiger partial charge in [-0.05, 0) is 35.9 Å². The molecule has 0 bridgehead atoms. The summed E-state index contributed by atoms with van der Waals surface area (Å²) in [5.41, 5.74) is 11.0. The van der Waals surface area contributed by atoms with Crippen LogP contribution in [0.3, 0.4) is 0 Å². The lowest BCUT2D eigenvalue weighted by atomic mass is 9.88. The van der Waals surface area contributed by atoms with Gasteiger partial charge in [0.1, 0.15) is 0 Å². The Morgan fingerprint density at radius 3 is 2.80 bits per heavy atom. The number of benzene rings is 1. The second-order valence-electron chi connectivity index (χ2n) is 3.31. The van der Waals surface area contributed by atoms with E-state index in [9.17, 15) is 0 Å². The molecule has 1 aromatic carbocycles. The molecule has 0 saturated carbocycles. The predicted molar refractivity (Wildman–Crippen MR) is 62.6 cm³/mol. The van der Waals surface area contributed by atoms with Crippen molar-refractivity contribution in [1.82, 2.24) is 0 Å². The molecule has 0 spiro atoms. The van der Waals surface area contributed by atoms with E-state index in [1.54, 1.807) is 0 Å². The van der Waals surface area contributed by atoms with E-state index in [-0.39, 0.29) is 6.04 Å². The van der Waals surface area contributed by atoms with Crippen molar-refractivity contribution in [3.05, 3.63) is 45.8 Å². The molecule has 2 rings (SSSR count). The summed E-state index contributed by atoms with van der Waals surface area (Å²) in [5.74, 6) is 0. The summed E-state index contributed by atoms with van der Waals surface area (Å²) in [5, 5.41) is 3.81. The SMILES string of the molecule is CC.[N-]=[N+]=NC1CCCc2ccccc21. The molecule has 0 N–H and O–H groups in total. The Balaban J connectivity index is 0.000000531. The number of fused-ring (bicyclic) bond motifs is 1. The molecule has 0 amide bonds. The van der Waals surface area contributed by atoms with Crippen LogP contribution in [0.2, 0.25) is 0 Å². The summed E-state index contributed by atoms with van der Waals surface area (Å²) in [6.07, 6.45) is 3.23. The van der Waals surface area contributed by atoms with Crippen molar-refractivity contribution in [2.24, 2.45) is 5.11 Å². The van der Waals surface area contributed by atoms with E-state index < -0.39 is 0 Å². The zero-order valence-electron chi connectivity index (χ0n) is 9.35. The molecular weight excluding hydrogens is 186 g/mol. The fourth-order valence-corrected chi connectivity index (χ4v) is 1.91. The average Bonchev–Trinajstić information content (AvgIpc) is 2.33. The second kappa shape index (κ2) is 6.10. The lowest BCUT2D eigenvalue weighted by Crippen LogP contribution is -2.06. The Morgan fingerprint density at radius 1 is 1.33 bits per heavy atom. The molecule has 1 aliphatic carbocycles. The van der Waals surface area contributed by atoms with Gasteiger partial charge < -0.3 is 0 Å². The molecule has 0 aliphatic heterocycles. The largest absolute Gasteiger partial charge is 0.0859 e. The van der Waals surface area contributed by atoms with Gasteiger partial charge in [0.2, 0.25) is 0 Å². The lowest BCUT2D eigenvalue weighted by Gasteiger charge is -2.21. The summed E-state index contributed by atoms with van der Waals surface area (Å²) in [7, 11) is 0. The van der Waals surface area contributed by atoms with E-state index in [4.69, 9.17) is 5.53 Å². The summed E-state index contributed by atoms with van der Waals surface area (Å²) in [6.45, 7) is 4.00. The number of hydrogen-bond acceptors (Lipinski definition) is 1. The summed E-state index contributed by atoms with van der Waals surface area (Å²) in [6, 6.07) is 8.29. The van der Waals surface area contributed by atoms with Crippen LogP contribution < -0.4 is 0 Å². The molecule has 0 fully saturated rings. The molecule has 15 heavy (non-hydrogen) atoms. The molecule has 80 valence electrons. The highest BCUT2D eigenvalue weighted by atomic mass is 15.1. The van der Waals surface area contributed by atoms with E-state index in [1.165, 1.54) is 11.1 Å². The number of nitrogens with zero attached hydrogens (tertiary/aromatic N) is 3.